The first-order valence-corrected chi connectivity index (χ1v) is 11.4. The maximum atomic E-state index is 13.2. The molecule has 9 heteroatoms. The number of aromatic nitrogens is 2. The molecule has 0 unspecified atom stereocenters. The van der Waals surface area contributed by atoms with Crippen LogP contribution in [0.1, 0.15) is 6.92 Å². The number of halogens is 1. The van der Waals surface area contributed by atoms with Gasteiger partial charge in [-0.25, -0.2) is 8.42 Å². The quantitative estimate of drug-likeness (QED) is 0.596. The largest absolute Gasteiger partial charge is 0.487 e. The summed E-state index contributed by atoms with van der Waals surface area (Å²) in [5.74, 6) is -0.130. The molecule has 7 nitrogen and oxygen atoms in total. The Bertz CT molecular complexity index is 1210. The summed E-state index contributed by atoms with van der Waals surface area (Å²) in [6, 6.07) is 12.8. The van der Waals surface area contributed by atoms with Crippen molar-refractivity contribution in [1.82, 2.24) is 9.78 Å². The zero-order valence-electron chi connectivity index (χ0n) is 16.4. The second kappa shape index (κ2) is 8.99. The fraction of sp³-hybridized carbons (Fsp3) is 0.238. The number of aliphatic hydroxyl groups is 1. The van der Waals surface area contributed by atoms with Crippen LogP contribution in [0.5, 0.6) is 5.75 Å². The minimum atomic E-state index is -3.34. The maximum absolute atomic E-state index is 13.2. The summed E-state index contributed by atoms with van der Waals surface area (Å²) >= 11 is 6.04. The van der Waals surface area contributed by atoms with Gasteiger partial charge in [0.1, 0.15) is 0 Å². The van der Waals surface area contributed by atoms with Crippen molar-refractivity contribution in [3.63, 3.8) is 0 Å². The molecule has 0 aliphatic rings. The zero-order valence-corrected chi connectivity index (χ0v) is 18.0. The second-order valence-electron chi connectivity index (χ2n) is 6.98. The fourth-order valence-corrected chi connectivity index (χ4v) is 3.55. The third-order valence-electron chi connectivity index (χ3n) is 4.40. The highest BCUT2D eigenvalue weighted by Crippen LogP contribution is 2.28. The van der Waals surface area contributed by atoms with E-state index in [2.05, 4.69) is 5.10 Å². The minimum absolute atomic E-state index is 0.0531. The molecule has 2 aromatic carbocycles. The van der Waals surface area contributed by atoms with Gasteiger partial charge in [0.15, 0.2) is 15.6 Å². The van der Waals surface area contributed by atoms with Crippen molar-refractivity contribution >= 4 is 21.4 Å². The first-order valence-electron chi connectivity index (χ1n) is 9.13. The van der Waals surface area contributed by atoms with Crippen LogP contribution in [0.3, 0.4) is 0 Å². The first-order chi connectivity index (χ1) is 14.2. The number of benzene rings is 2. The van der Waals surface area contributed by atoms with Crippen molar-refractivity contribution in [2.75, 3.05) is 19.5 Å². The first kappa shape index (κ1) is 22.0. The summed E-state index contributed by atoms with van der Waals surface area (Å²) in [5.41, 5.74) is 0.985. The molecule has 0 spiro atoms. The number of nitrogens with zero attached hydrogens (tertiary/aromatic N) is 2. The van der Waals surface area contributed by atoms with E-state index in [1.165, 1.54) is 23.0 Å². The average Bonchev–Trinajstić information content (AvgIpc) is 2.71. The van der Waals surface area contributed by atoms with Gasteiger partial charge in [-0.3, -0.25) is 4.79 Å². The smallest absolute Gasteiger partial charge is 0.314 e. The van der Waals surface area contributed by atoms with Gasteiger partial charge in [-0.15, -0.1) is 0 Å². The molecule has 30 heavy (non-hydrogen) atoms. The fourth-order valence-electron chi connectivity index (χ4n) is 2.73. The van der Waals surface area contributed by atoms with E-state index >= 15 is 0 Å². The highest BCUT2D eigenvalue weighted by atomic mass is 35.5. The highest BCUT2D eigenvalue weighted by Gasteiger charge is 2.18. The van der Waals surface area contributed by atoms with Crippen LogP contribution in [0.4, 0.5) is 0 Å². The van der Waals surface area contributed by atoms with Gasteiger partial charge in [0, 0.05) is 29.4 Å². The van der Waals surface area contributed by atoms with Crippen LogP contribution in [0.15, 0.2) is 64.4 Å². The van der Waals surface area contributed by atoms with E-state index in [0.29, 0.717) is 21.8 Å². The molecule has 3 rings (SSSR count). The summed E-state index contributed by atoms with van der Waals surface area (Å²) in [6.07, 6.45) is 2.61. The zero-order chi connectivity index (χ0) is 21.9. The molecular weight excluding hydrogens is 428 g/mol. The van der Waals surface area contributed by atoms with Crippen molar-refractivity contribution in [2.24, 2.45) is 5.92 Å². The normalized spacial score (nSPS) is 12.5. The van der Waals surface area contributed by atoms with Gasteiger partial charge in [-0.1, -0.05) is 36.7 Å². The number of sulfone groups is 1. The van der Waals surface area contributed by atoms with E-state index in [4.69, 9.17) is 16.3 Å². The molecule has 0 fully saturated rings. The predicted molar refractivity (Wildman–Crippen MR) is 115 cm³/mol. The van der Waals surface area contributed by atoms with Gasteiger partial charge in [0.25, 0.3) is 0 Å². The Morgan fingerprint density at radius 1 is 1.20 bits per heavy atom. The summed E-state index contributed by atoms with van der Waals surface area (Å²) in [6.45, 7) is 1.82. The van der Waals surface area contributed by atoms with E-state index in [9.17, 15) is 18.3 Å². The lowest BCUT2D eigenvalue weighted by molar-refractivity contribution is 0.173. The van der Waals surface area contributed by atoms with E-state index in [1.54, 1.807) is 43.3 Å². The summed E-state index contributed by atoms with van der Waals surface area (Å²) < 4.78 is 30.4. The lowest BCUT2D eigenvalue weighted by Crippen LogP contribution is -2.25. The molecule has 0 radical (unpaired) electrons. The molecule has 0 aliphatic heterocycles. The van der Waals surface area contributed by atoms with Crippen molar-refractivity contribution in [3.05, 3.63) is 70.1 Å². The third kappa shape index (κ3) is 4.89. The number of hydrogen-bond acceptors (Lipinski definition) is 6. The van der Waals surface area contributed by atoms with E-state index < -0.39 is 15.4 Å². The summed E-state index contributed by atoms with van der Waals surface area (Å²) in [7, 11) is -3.34. The van der Waals surface area contributed by atoms with Crippen LogP contribution < -0.4 is 10.3 Å². The highest BCUT2D eigenvalue weighted by molar-refractivity contribution is 7.90. The Labute approximate surface area is 179 Å². The van der Waals surface area contributed by atoms with Gasteiger partial charge in [-0.05, 0) is 35.9 Å². The monoisotopic (exact) mass is 448 g/mol. The number of ether oxygens (including phenoxy) is 1. The molecule has 158 valence electrons. The Hall–Kier alpha value is -2.68. The van der Waals surface area contributed by atoms with Gasteiger partial charge < -0.3 is 9.84 Å². The standard InChI is InChI=1S/C21H21ClN2O5S/c1-14(12-25)13-29-20-19(15-6-8-18(9-7-15)30(2,27)28)11-23-24(21(20)26)17-5-3-4-16(22)10-17/h3-11,14,25H,12-13H2,1-2H3/t14-/m0/s1. The lowest BCUT2D eigenvalue weighted by atomic mass is 10.1. The van der Waals surface area contributed by atoms with E-state index in [0.717, 1.165) is 6.26 Å². The number of aliphatic hydroxyl groups excluding tert-OH is 1. The molecule has 0 amide bonds. The maximum Gasteiger partial charge on any atom is 0.314 e. The molecule has 1 N–H and O–H groups in total. The van der Waals surface area contributed by atoms with Crippen LogP contribution in [-0.2, 0) is 9.84 Å². The summed E-state index contributed by atoms with van der Waals surface area (Å²) in [4.78, 5) is 13.3. The van der Waals surface area contributed by atoms with Crippen LogP contribution in [0, 0.1) is 5.92 Å². The van der Waals surface area contributed by atoms with Crippen molar-refractivity contribution in [2.45, 2.75) is 11.8 Å². The third-order valence-corrected chi connectivity index (χ3v) is 5.77. The van der Waals surface area contributed by atoms with Crippen LogP contribution in [-0.4, -0.2) is 42.8 Å². The Morgan fingerprint density at radius 2 is 1.90 bits per heavy atom. The van der Waals surface area contributed by atoms with Crippen molar-refractivity contribution in [1.29, 1.82) is 0 Å². The van der Waals surface area contributed by atoms with E-state index in [1.807, 2.05) is 0 Å². The molecule has 0 bridgehead atoms. The van der Waals surface area contributed by atoms with Crippen LogP contribution >= 0.6 is 11.6 Å². The Balaban J connectivity index is 2.12. The van der Waals surface area contributed by atoms with Crippen molar-refractivity contribution < 1.29 is 18.3 Å². The number of rotatable bonds is 7. The predicted octanol–water partition coefficient (Wildman–Crippen LogP) is 2.96. The van der Waals surface area contributed by atoms with Gasteiger partial charge in [-0.2, -0.15) is 9.78 Å². The molecule has 1 aromatic heterocycles. The minimum Gasteiger partial charge on any atom is -0.487 e. The molecule has 3 aromatic rings. The number of hydrogen-bond donors (Lipinski definition) is 1. The SMILES string of the molecule is C[C@@H](CO)COc1c(-c2ccc(S(C)(=O)=O)cc2)cnn(-c2cccc(Cl)c2)c1=O. The van der Waals surface area contributed by atoms with Gasteiger partial charge in [0.05, 0.1) is 23.4 Å². The van der Waals surface area contributed by atoms with Gasteiger partial charge in [0.2, 0.25) is 0 Å². The molecule has 1 heterocycles. The van der Waals surface area contributed by atoms with Crippen LogP contribution in [0.2, 0.25) is 5.02 Å². The summed E-state index contributed by atoms with van der Waals surface area (Å²) in [5, 5.41) is 14.0. The lowest BCUT2D eigenvalue weighted by Gasteiger charge is -2.15. The Kier molecular flexibility index (Phi) is 6.60. The molecule has 0 saturated carbocycles. The van der Waals surface area contributed by atoms with Crippen LogP contribution in [0.25, 0.3) is 16.8 Å². The molecule has 0 aliphatic carbocycles. The average molecular weight is 449 g/mol. The Morgan fingerprint density at radius 3 is 2.50 bits per heavy atom. The van der Waals surface area contributed by atoms with Crippen molar-refractivity contribution in [3.8, 4) is 22.6 Å². The molecule has 0 saturated heterocycles. The van der Waals surface area contributed by atoms with Gasteiger partial charge >= 0.3 is 5.56 Å². The topological polar surface area (TPSA) is 98.5 Å². The molecule has 1 atom stereocenters. The molecular formula is C21H21ClN2O5S. The van der Waals surface area contributed by atoms with E-state index in [-0.39, 0.29) is 29.8 Å². The second-order valence-corrected chi connectivity index (χ2v) is 9.43.